The van der Waals surface area contributed by atoms with Gasteiger partial charge in [0.2, 0.25) is 17.8 Å². The number of halogens is 1. The van der Waals surface area contributed by atoms with Crippen LogP contribution in [0.15, 0.2) is 96.1 Å². The van der Waals surface area contributed by atoms with Crippen LogP contribution < -0.4 is 10.3 Å². The first kappa shape index (κ1) is 24.1. The van der Waals surface area contributed by atoms with Gasteiger partial charge < -0.3 is 4.98 Å². The predicted molar refractivity (Wildman–Crippen MR) is 159 cm³/mol. The van der Waals surface area contributed by atoms with Crippen molar-refractivity contribution in [1.29, 1.82) is 0 Å². The lowest BCUT2D eigenvalue weighted by Gasteiger charge is -2.52. The predicted octanol–water partition coefficient (Wildman–Crippen LogP) is 6.17. The summed E-state index contributed by atoms with van der Waals surface area (Å²) in [7, 11) is 0. The summed E-state index contributed by atoms with van der Waals surface area (Å²) in [5, 5.41) is 5.18. The fourth-order valence-electron chi connectivity index (χ4n) is 7.31. The van der Waals surface area contributed by atoms with Crippen LogP contribution in [0.2, 0.25) is 5.02 Å². The lowest BCUT2D eigenvalue weighted by Crippen LogP contribution is -2.54. The van der Waals surface area contributed by atoms with Crippen LogP contribution in [0.3, 0.4) is 0 Å². The molecule has 4 aromatic carbocycles. The number of aryl methyl sites for hydroxylation is 1. The van der Waals surface area contributed by atoms with Crippen molar-refractivity contribution in [2.45, 2.75) is 18.3 Å². The Morgan fingerprint density at radius 1 is 0.927 bits per heavy atom. The Kier molecular flexibility index (Phi) is 5.06. The first-order chi connectivity index (χ1) is 20.0. The van der Waals surface area contributed by atoms with Crippen LogP contribution in [0.5, 0.6) is 0 Å². The number of rotatable bonds is 4. The largest absolute Gasteiger partial charge is 0.323 e. The van der Waals surface area contributed by atoms with Gasteiger partial charge in [0.15, 0.2) is 0 Å². The van der Waals surface area contributed by atoms with E-state index in [0.717, 1.165) is 38.9 Å². The summed E-state index contributed by atoms with van der Waals surface area (Å²) < 4.78 is 0. The van der Waals surface area contributed by atoms with Crippen molar-refractivity contribution < 1.29 is 9.59 Å². The zero-order chi connectivity index (χ0) is 27.9. The normalized spacial score (nSPS) is 24.1. The molecule has 0 saturated carbocycles. The molecule has 4 aliphatic rings. The molecule has 3 aliphatic carbocycles. The lowest BCUT2D eigenvalue weighted by molar-refractivity contribution is -0.122. The minimum atomic E-state index is -0.973. The summed E-state index contributed by atoms with van der Waals surface area (Å²) in [6.07, 6.45) is 1.81. The standard InChI is InChI=1S/C33H24ClN5O2/c1-18-14-15-19(34)16-26(18)39-30(40)28-27-20-8-2-4-10-22(20)33(29(28)31(39)41,23-11-5-3-9-21(23)27)17-35-38-32-36-24-12-6-7-13-25(24)37-32/h2-17,27-29H,1H3,(H2,36,37,38)/b35-17-/t27?,28-,29+,33?/m1/s1. The molecule has 8 heteroatoms. The van der Waals surface area contributed by atoms with Crippen LogP contribution in [0.25, 0.3) is 11.0 Å². The summed E-state index contributed by atoms with van der Waals surface area (Å²) in [5.41, 5.74) is 9.22. The number of anilines is 2. The molecule has 0 spiro atoms. The van der Waals surface area contributed by atoms with Gasteiger partial charge in [-0.05, 0) is 59.0 Å². The summed E-state index contributed by atoms with van der Waals surface area (Å²) in [5.74, 6) is -1.46. The molecule has 7 nitrogen and oxygen atoms in total. The Morgan fingerprint density at radius 2 is 1.61 bits per heavy atom. The Labute approximate surface area is 240 Å². The molecule has 200 valence electrons. The quantitative estimate of drug-likeness (QED) is 0.157. The third-order valence-electron chi connectivity index (χ3n) is 8.92. The van der Waals surface area contributed by atoms with Gasteiger partial charge in [-0.3, -0.25) is 9.59 Å². The Bertz CT molecular complexity index is 1860. The monoisotopic (exact) mass is 557 g/mol. The molecule has 0 radical (unpaired) electrons. The number of aromatic nitrogens is 2. The van der Waals surface area contributed by atoms with Crippen molar-refractivity contribution in [3.8, 4) is 0 Å². The number of fused-ring (bicyclic) bond motifs is 1. The third kappa shape index (κ3) is 3.21. The van der Waals surface area contributed by atoms with E-state index >= 15 is 0 Å². The lowest BCUT2D eigenvalue weighted by atomic mass is 9.47. The summed E-state index contributed by atoms with van der Waals surface area (Å²) in [6.45, 7) is 1.89. The highest BCUT2D eigenvalue weighted by atomic mass is 35.5. The molecule has 2 atom stereocenters. The maximum atomic E-state index is 14.5. The molecule has 1 saturated heterocycles. The van der Waals surface area contributed by atoms with Crippen LogP contribution >= 0.6 is 11.6 Å². The number of hydrazone groups is 1. The molecule has 2 heterocycles. The molecule has 5 aromatic rings. The smallest absolute Gasteiger partial charge is 0.239 e. The van der Waals surface area contributed by atoms with Gasteiger partial charge in [-0.2, -0.15) is 5.10 Å². The molecule has 0 unspecified atom stereocenters. The molecular weight excluding hydrogens is 534 g/mol. The number of nitrogens with zero attached hydrogens (tertiary/aromatic N) is 3. The van der Waals surface area contributed by atoms with E-state index in [0.29, 0.717) is 16.7 Å². The molecule has 2 N–H and O–H groups in total. The number of hydrogen-bond acceptors (Lipinski definition) is 5. The SMILES string of the molecule is Cc1ccc(Cl)cc1N1C(=O)[C@@H]2C3c4ccccc4C(/C=N\Nc4nc5ccccc5[nH]4)(c4ccccc43)[C@@H]2C1=O. The van der Waals surface area contributed by atoms with Crippen molar-refractivity contribution >= 4 is 52.3 Å². The van der Waals surface area contributed by atoms with Crippen LogP contribution in [-0.2, 0) is 15.0 Å². The van der Waals surface area contributed by atoms with E-state index in [1.54, 1.807) is 12.1 Å². The van der Waals surface area contributed by atoms with Gasteiger partial charge in [0.1, 0.15) is 0 Å². The highest BCUT2D eigenvalue weighted by Crippen LogP contribution is 2.63. The minimum Gasteiger partial charge on any atom is -0.323 e. The maximum absolute atomic E-state index is 14.5. The first-order valence-corrected chi connectivity index (χ1v) is 13.9. The fraction of sp³-hybridized carbons (Fsp3) is 0.152. The van der Waals surface area contributed by atoms with Crippen molar-refractivity contribution in [2.24, 2.45) is 16.9 Å². The van der Waals surface area contributed by atoms with Crippen LogP contribution in [0.1, 0.15) is 33.7 Å². The van der Waals surface area contributed by atoms with E-state index < -0.39 is 17.3 Å². The number of para-hydroxylation sites is 2. The van der Waals surface area contributed by atoms with E-state index in [2.05, 4.69) is 39.7 Å². The fourth-order valence-corrected chi connectivity index (χ4v) is 7.48. The maximum Gasteiger partial charge on any atom is 0.239 e. The van der Waals surface area contributed by atoms with Gasteiger partial charge >= 0.3 is 0 Å². The number of hydrogen-bond donors (Lipinski definition) is 2. The first-order valence-electron chi connectivity index (χ1n) is 13.6. The van der Waals surface area contributed by atoms with Gasteiger partial charge in [0, 0.05) is 17.2 Å². The highest BCUT2D eigenvalue weighted by molar-refractivity contribution is 6.31. The highest BCUT2D eigenvalue weighted by Gasteiger charge is 2.68. The topological polar surface area (TPSA) is 90.4 Å². The molecule has 2 amide bonds. The molecule has 1 aromatic heterocycles. The number of H-pyrrole nitrogens is 1. The molecule has 1 aliphatic heterocycles. The average molecular weight is 558 g/mol. The summed E-state index contributed by atoms with van der Waals surface area (Å²) in [6, 6.07) is 29.3. The summed E-state index contributed by atoms with van der Waals surface area (Å²) in [4.78, 5) is 38.1. The van der Waals surface area contributed by atoms with E-state index in [1.165, 1.54) is 4.90 Å². The number of carbonyl (C=O) groups excluding carboxylic acids is 2. The van der Waals surface area contributed by atoms with Crippen LogP contribution in [0.4, 0.5) is 11.6 Å². The zero-order valence-electron chi connectivity index (χ0n) is 22.0. The van der Waals surface area contributed by atoms with Gasteiger partial charge in [-0.15, -0.1) is 0 Å². The van der Waals surface area contributed by atoms with Crippen molar-refractivity contribution in [3.63, 3.8) is 0 Å². The number of carbonyl (C=O) groups is 2. The van der Waals surface area contributed by atoms with Crippen molar-refractivity contribution in [2.75, 3.05) is 10.3 Å². The van der Waals surface area contributed by atoms with Gasteiger partial charge in [0.25, 0.3) is 0 Å². The van der Waals surface area contributed by atoms with E-state index in [-0.39, 0.29) is 17.7 Å². The molecule has 2 bridgehead atoms. The summed E-state index contributed by atoms with van der Waals surface area (Å²) >= 11 is 6.36. The number of aromatic amines is 1. The second-order valence-corrected chi connectivity index (χ2v) is 11.4. The number of benzene rings is 4. The molecular formula is C33H24ClN5O2. The van der Waals surface area contributed by atoms with Gasteiger partial charge in [-0.25, -0.2) is 15.3 Å². The second-order valence-electron chi connectivity index (χ2n) is 10.9. The molecule has 1 fully saturated rings. The van der Waals surface area contributed by atoms with E-state index in [1.807, 2.05) is 67.7 Å². The number of imidazole rings is 1. The van der Waals surface area contributed by atoms with Crippen molar-refractivity contribution in [1.82, 2.24) is 9.97 Å². The van der Waals surface area contributed by atoms with E-state index in [4.69, 9.17) is 16.7 Å². The third-order valence-corrected chi connectivity index (χ3v) is 9.16. The Balaban J connectivity index is 1.33. The van der Waals surface area contributed by atoms with Gasteiger partial charge in [0.05, 0.1) is 34.0 Å². The van der Waals surface area contributed by atoms with Crippen LogP contribution in [-0.4, -0.2) is 28.0 Å². The minimum absolute atomic E-state index is 0.206. The van der Waals surface area contributed by atoms with Crippen molar-refractivity contribution in [3.05, 3.63) is 124 Å². The number of nitrogens with one attached hydrogen (secondary N) is 2. The second kappa shape index (κ2) is 8.62. The number of amides is 2. The van der Waals surface area contributed by atoms with Crippen LogP contribution in [0, 0.1) is 18.8 Å². The Hall–Kier alpha value is -4.75. The van der Waals surface area contributed by atoms with E-state index in [9.17, 15) is 9.59 Å². The Morgan fingerprint density at radius 3 is 2.34 bits per heavy atom. The molecule has 41 heavy (non-hydrogen) atoms. The molecule has 9 rings (SSSR count). The zero-order valence-corrected chi connectivity index (χ0v) is 22.8. The van der Waals surface area contributed by atoms with Gasteiger partial charge in [-0.1, -0.05) is 78.3 Å². The number of imide groups is 1. The average Bonchev–Trinajstić information content (AvgIpc) is 3.53.